The fourth-order valence-corrected chi connectivity index (χ4v) is 3.60. The molecule has 1 aliphatic carbocycles. The van der Waals surface area contributed by atoms with Crippen molar-refractivity contribution in [1.29, 1.82) is 0 Å². The van der Waals surface area contributed by atoms with E-state index in [-0.39, 0.29) is 12.2 Å². The molecule has 0 radical (unpaired) electrons. The smallest absolute Gasteiger partial charge is 0.255 e. The predicted octanol–water partition coefficient (Wildman–Crippen LogP) is 3.29. The molecule has 3 rings (SSSR count). The lowest BCUT2D eigenvalue weighted by Gasteiger charge is -2.16. The lowest BCUT2D eigenvalue weighted by molar-refractivity contribution is -0.121. The second-order valence-corrected chi connectivity index (χ2v) is 6.61. The Labute approximate surface area is 151 Å². The van der Waals surface area contributed by atoms with Crippen molar-refractivity contribution in [3.05, 3.63) is 58.4 Å². The molecule has 0 saturated carbocycles. The number of hydrogen-bond acceptors (Lipinski definition) is 2. The molecule has 0 fully saturated rings. The zero-order valence-corrected chi connectivity index (χ0v) is 14.7. The number of nitrogens with one attached hydrogen (secondary N) is 1. The number of Topliss-reactive ketones (excluding diaryl/α,β-unsaturated/α-hetero) is 1. The van der Waals surface area contributed by atoms with Gasteiger partial charge in [-0.2, -0.15) is 0 Å². The number of halogens is 2. The number of benzene rings is 1. The van der Waals surface area contributed by atoms with Crippen molar-refractivity contribution in [3.8, 4) is 0 Å². The van der Waals surface area contributed by atoms with Crippen LogP contribution in [-0.2, 0) is 24.2 Å². The van der Waals surface area contributed by atoms with Gasteiger partial charge in [-0.1, -0.05) is 30.3 Å². The summed E-state index contributed by atoms with van der Waals surface area (Å²) in [6.45, 7) is 1.85. The lowest BCUT2D eigenvalue weighted by atomic mass is 9.92. The summed E-state index contributed by atoms with van der Waals surface area (Å²) < 4.78 is 26.7. The van der Waals surface area contributed by atoms with Crippen LogP contribution in [0.4, 0.5) is 8.78 Å². The van der Waals surface area contributed by atoms with Crippen molar-refractivity contribution in [1.82, 2.24) is 9.88 Å². The van der Waals surface area contributed by atoms with Crippen molar-refractivity contribution >= 4 is 11.7 Å². The number of ketones is 1. The molecule has 1 aromatic carbocycles. The topological polar surface area (TPSA) is 51.1 Å². The minimum atomic E-state index is -2.58. The third-order valence-electron chi connectivity index (χ3n) is 4.83. The summed E-state index contributed by atoms with van der Waals surface area (Å²) in [6.07, 6.45) is -0.589. The summed E-state index contributed by atoms with van der Waals surface area (Å²) >= 11 is 0. The molecule has 1 N–H and O–H groups in total. The van der Waals surface area contributed by atoms with E-state index in [0.29, 0.717) is 24.1 Å². The van der Waals surface area contributed by atoms with Crippen molar-refractivity contribution < 1.29 is 18.4 Å². The molecular weight excluding hydrogens is 338 g/mol. The molecule has 0 atom stereocenters. The monoisotopic (exact) mass is 360 g/mol. The van der Waals surface area contributed by atoms with Gasteiger partial charge in [-0.25, -0.2) is 8.78 Å². The Morgan fingerprint density at radius 3 is 2.65 bits per heavy atom. The van der Waals surface area contributed by atoms with Crippen LogP contribution >= 0.6 is 0 Å². The highest BCUT2D eigenvalue weighted by atomic mass is 19.3. The van der Waals surface area contributed by atoms with E-state index in [9.17, 15) is 18.4 Å². The highest BCUT2D eigenvalue weighted by molar-refractivity contribution is 6.01. The fourth-order valence-electron chi connectivity index (χ4n) is 3.60. The number of carbonyl (C=O) groups is 2. The predicted molar refractivity (Wildman–Crippen MR) is 94.7 cm³/mol. The molecule has 2 aromatic rings. The van der Waals surface area contributed by atoms with Gasteiger partial charge in [0.2, 0.25) is 5.91 Å². The normalized spacial score (nSPS) is 13.8. The second kappa shape index (κ2) is 7.81. The first kappa shape index (κ1) is 18.3. The van der Waals surface area contributed by atoms with Crippen LogP contribution in [0.5, 0.6) is 0 Å². The Bertz CT molecular complexity index is 813. The van der Waals surface area contributed by atoms with Gasteiger partial charge in [-0.05, 0) is 30.9 Å². The maximum Gasteiger partial charge on any atom is 0.255 e. The largest absolute Gasteiger partial charge is 0.350 e. The Morgan fingerprint density at radius 1 is 1.23 bits per heavy atom. The third kappa shape index (κ3) is 3.84. The van der Waals surface area contributed by atoms with Crippen LogP contribution in [-0.4, -0.2) is 29.2 Å². The SMILES string of the molecule is Cc1c(CC(=O)NCC(F)F)c2c(n1Cc1ccccc1)CCCC2=O. The van der Waals surface area contributed by atoms with E-state index in [4.69, 9.17) is 0 Å². The van der Waals surface area contributed by atoms with E-state index in [1.807, 2.05) is 37.3 Å². The van der Waals surface area contributed by atoms with Crippen LogP contribution in [0.15, 0.2) is 30.3 Å². The molecule has 26 heavy (non-hydrogen) atoms. The van der Waals surface area contributed by atoms with E-state index >= 15 is 0 Å². The third-order valence-corrected chi connectivity index (χ3v) is 4.83. The van der Waals surface area contributed by atoms with Crippen molar-refractivity contribution in [3.63, 3.8) is 0 Å². The van der Waals surface area contributed by atoms with Crippen LogP contribution in [0.25, 0.3) is 0 Å². The molecule has 0 unspecified atom stereocenters. The molecule has 0 bridgehead atoms. The average molecular weight is 360 g/mol. The quantitative estimate of drug-likeness (QED) is 0.859. The molecule has 4 nitrogen and oxygen atoms in total. The van der Waals surface area contributed by atoms with E-state index in [2.05, 4.69) is 9.88 Å². The summed E-state index contributed by atoms with van der Waals surface area (Å²) in [6, 6.07) is 9.91. The Kier molecular flexibility index (Phi) is 5.49. The molecule has 0 saturated heterocycles. The standard InChI is InChI=1S/C20H22F2N2O2/c1-13-15(10-19(26)23-11-18(21)22)20-16(8-5-9-17(20)25)24(13)12-14-6-3-2-4-7-14/h2-4,6-7,18H,5,8-12H2,1H3,(H,23,26). The molecule has 1 heterocycles. The van der Waals surface area contributed by atoms with Crippen molar-refractivity contribution in [2.24, 2.45) is 0 Å². The first-order chi connectivity index (χ1) is 12.5. The maximum absolute atomic E-state index is 12.5. The summed E-state index contributed by atoms with van der Waals surface area (Å²) in [7, 11) is 0. The highest BCUT2D eigenvalue weighted by Gasteiger charge is 2.29. The molecule has 6 heteroatoms. The molecule has 1 amide bonds. The average Bonchev–Trinajstić information content (AvgIpc) is 2.88. The van der Waals surface area contributed by atoms with E-state index in [1.54, 1.807) is 0 Å². The number of carbonyl (C=O) groups excluding carboxylic acids is 2. The van der Waals surface area contributed by atoms with Crippen molar-refractivity contribution in [2.75, 3.05) is 6.54 Å². The summed E-state index contributed by atoms with van der Waals surface area (Å²) in [5.41, 5.74) is 4.23. The van der Waals surface area contributed by atoms with Crippen molar-refractivity contribution in [2.45, 2.75) is 45.6 Å². The van der Waals surface area contributed by atoms with Gasteiger partial charge in [-0.15, -0.1) is 0 Å². The molecule has 138 valence electrons. The number of alkyl halides is 2. The maximum atomic E-state index is 12.5. The zero-order valence-electron chi connectivity index (χ0n) is 14.7. The first-order valence-corrected chi connectivity index (χ1v) is 8.80. The highest BCUT2D eigenvalue weighted by Crippen LogP contribution is 2.31. The van der Waals surface area contributed by atoms with Gasteiger partial charge in [0.15, 0.2) is 5.78 Å². The van der Waals surface area contributed by atoms with Crippen LogP contribution in [0.3, 0.4) is 0 Å². The lowest BCUT2D eigenvalue weighted by Crippen LogP contribution is -2.30. The Morgan fingerprint density at radius 2 is 1.96 bits per heavy atom. The number of hydrogen-bond donors (Lipinski definition) is 1. The number of fused-ring (bicyclic) bond motifs is 1. The number of rotatable bonds is 6. The minimum Gasteiger partial charge on any atom is -0.350 e. The Hall–Kier alpha value is -2.50. The number of amides is 1. The van der Waals surface area contributed by atoms with Gasteiger partial charge in [0, 0.05) is 29.9 Å². The molecule has 1 aliphatic rings. The van der Waals surface area contributed by atoms with Crippen LogP contribution in [0, 0.1) is 6.92 Å². The number of aromatic nitrogens is 1. The second-order valence-electron chi connectivity index (χ2n) is 6.61. The molecule has 1 aromatic heterocycles. The molecule has 0 aliphatic heterocycles. The van der Waals surface area contributed by atoms with Gasteiger partial charge < -0.3 is 9.88 Å². The summed E-state index contributed by atoms with van der Waals surface area (Å²) in [5, 5.41) is 2.23. The van der Waals surface area contributed by atoms with Gasteiger partial charge in [0.1, 0.15) is 0 Å². The zero-order chi connectivity index (χ0) is 18.7. The van der Waals surface area contributed by atoms with Gasteiger partial charge in [0.05, 0.1) is 13.0 Å². The van der Waals surface area contributed by atoms with Gasteiger partial charge in [0.25, 0.3) is 6.43 Å². The van der Waals surface area contributed by atoms with E-state index in [0.717, 1.165) is 29.8 Å². The minimum absolute atomic E-state index is 0.0396. The van der Waals surface area contributed by atoms with E-state index in [1.165, 1.54) is 0 Å². The van der Waals surface area contributed by atoms with Crippen LogP contribution in [0.2, 0.25) is 0 Å². The molecular formula is C20H22F2N2O2. The number of nitrogens with zero attached hydrogens (tertiary/aromatic N) is 1. The first-order valence-electron chi connectivity index (χ1n) is 8.80. The van der Waals surface area contributed by atoms with Crippen LogP contribution < -0.4 is 5.32 Å². The van der Waals surface area contributed by atoms with Gasteiger partial charge in [-0.3, -0.25) is 9.59 Å². The van der Waals surface area contributed by atoms with Crippen LogP contribution in [0.1, 0.15) is 45.7 Å². The Balaban J connectivity index is 1.93. The molecule has 0 spiro atoms. The van der Waals surface area contributed by atoms with E-state index < -0.39 is 18.9 Å². The van der Waals surface area contributed by atoms with Gasteiger partial charge >= 0.3 is 0 Å². The fraction of sp³-hybridized carbons (Fsp3) is 0.400. The summed E-state index contributed by atoms with van der Waals surface area (Å²) in [4.78, 5) is 24.6. The summed E-state index contributed by atoms with van der Waals surface area (Å²) in [5.74, 6) is -0.441.